The van der Waals surface area contributed by atoms with Crippen molar-refractivity contribution >= 4 is 0 Å². The summed E-state index contributed by atoms with van der Waals surface area (Å²) in [5, 5.41) is 17.6. The van der Waals surface area contributed by atoms with Gasteiger partial charge in [0.1, 0.15) is 11.9 Å². The van der Waals surface area contributed by atoms with Gasteiger partial charge in [-0.15, -0.1) is 0 Å². The van der Waals surface area contributed by atoms with Crippen molar-refractivity contribution in [2.45, 2.75) is 19.3 Å². The van der Waals surface area contributed by atoms with Crippen molar-refractivity contribution in [3.8, 4) is 12.1 Å². The fraction of sp³-hybridized carbons (Fsp3) is 0.273. The van der Waals surface area contributed by atoms with Crippen LogP contribution in [0.3, 0.4) is 0 Å². The van der Waals surface area contributed by atoms with Gasteiger partial charge < -0.3 is 0 Å². The van der Waals surface area contributed by atoms with E-state index in [0.717, 1.165) is 0 Å². The summed E-state index contributed by atoms with van der Waals surface area (Å²) in [5.74, 6) is -0.576. The predicted octanol–water partition coefficient (Wildman–Crippen LogP) is 2.50. The molecule has 0 heterocycles. The van der Waals surface area contributed by atoms with E-state index in [9.17, 15) is 4.39 Å². The summed E-state index contributed by atoms with van der Waals surface area (Å²) < 4.78 is 13.2. The zero-order valence-corrected chi connectivity index (χ0v) is 8.00. The number of halogens is 1. The maximum Gasteiger partial charge on any atom is 0.141 e. The zero-order valence-electron chi connectivity index (χ0n) is 8.00. The molecule has 0 saturated carbocycles. The standard InChI is InChI=1S/C11H9FN2/c1-11(2,7-14)9-4-3-5-10(12)8(9)6-13/h3-5H,1-2H3. The van der Waals surface area contributed by atoms with Crippen molar-refractivity contribution in [2.24, 2.45) is 0 Å². The molecule has 0 fully saturated rings. The maximum atomic E-state index is 13.2. The van der Waals surface area contributed by atoms with Crippen LogP contribution < -0.4 is 0 Å². The Balaban J connectivity index is 3.46. The minimum Gasteiger partial charge on any atom is -0.206 e. The molecule has 0 spiro atoms. The summed E-state index contributed by atoms with van der Waals surface area (Å²) in [7, 11) is 0. The molecule has 0 bridgehead atoms. The van der Waals surface area contributed by atoms with E-state index in [0.29, 0.717) is 5.56 Å². The highest BCUT2D eigenvalue weighted by molar-refractivity contribution is 5.45. The molecule has 0 aliphatic rings. The highest BCUT2D eigenvalue weighted by atomic mass is 19.1. The van der Waals surface area contributed by atoms with Gasteiger partial charge in [-0.25, -0.2) is 4.39 Å². The third-order valence-corrected chi connectivity index (χ3v) is 2.08. The third-order valence-electron chi connectivity index (χ3n) is 2.08. The topological polar surface area (TPSA) is 47.6 Å². The molecule has 2 nitrogen and oxygen atoms in total. The SMILES string of the molecule is CC(C)(C#N)c1cccc(F)c1C#N. The first-order valence-electron chi connectivity index (χ1n) is 4.13. The van der Waals surface area contributed by atoms with Gasteiger partial charge in [-0.05, 0) is 25.5 Å². The Hall–Kier alpha value is -1.87. The van der Waals surface area contributed by atoms with Gasteiger partial charge in [0.05, 0.1) is 17.0 Å². The van der Waals surface area contributed by atoms with E-state index >= 15 is 0 Å². The molecule has 0 unspecified atom stereocenters. The van der Waals surface area contributed by atoms with Crippen LogP contribution >= 0.6 is 0 Å². The highest BCUT2D eigenvalue weighted by Gasteiger charge is 2.24. The quantitative estimate of drug-likeness (QED) is 0.679. The van der Waals surface area contributed by atoms with Gasteiger partial charge in [0.15, 0.2) is 0 Å². The van der Waals surface area contributed by atoms with Crippen LogP contribution in [0.2, 0.25) is 0 Å². The zero-order chi connectivity index (χ0) is 10.8. The monoisotopic (exact) mass is 188 g/mol. The van der Waals surface area contributed by atoms with Gasteiger partial charge in [-0.2, -0.15) is 10.5 Å². The van der Waals surface area contributed by atoms with Crippen LogP contribution in [-0.4, -0.2) is 0 Å². The number of benzene rings is 1. The average Bonchev–Trinajstić information content (AvgIpc) is 2.17. The minimum atomic E-state index is -0.840. The lowest BCUT2D eigenvalue weighted by atomic mass is 9.83. The summed E-state index contributed by atoms with van der Waals surface area (Å²) in [6, 6.07) is 8.14. The normalized spacial score (nSPS) is 10.4. The van der Waals surface area contributed by atoms with Crippen LogP contribution in [-0.2, 0) is 5.41 Å². The van der Waals surface area contributed by atoms with Crippen molar-refractivity contribution in [1.29, 1.82) is 10.5 Å². The first-order chi connectivity index (χ1) is 6.53. The van der Waals surface area contributed by atoms with E-state index in [1.807, 2.05) is 6.07 Å². The number of nitriles is 2. The molecule has 1 aromatic rings. The predicted molar refractivity (Wildman–Crippen MR) is 49.8 cm³/mol. The lowest BCUT2D eigenvalue weighted by Crippen LogP contribution is -2.16. The molecule has 0 aromatic heterocycles. The number of hydrogen-bond donors (Lipinski definition) is 0. The Morgan fingerprint density at radius 3 is 2.43 bits per heavy atom. The Labute approximate surface area is 82.2 Å². The first kappa shape index (κ1) is 10.2. The van der Waals surface area contributed by atoms with E-state index in [2.05, 4.69) is 0 Å². The molecule has 0 radical (unpaired) electrons. The van der Waals surface area contributed by atoms with Crippen molar-refractivity contribution in [1.82, 2.24) is 0 Å². The smallest absolute Gasteiger partial charge is 0.141 e. The summed E-state index contributed by atoms with van der Waals surface area (Å²) in [6.45, 7) is 3.31. The molecule has 70 valence electrons. The van der Waals surface area contributed by atoms with Crippen LogP contribution in [0.1, 0.15) is 25.0 Å². The summed E-state index contributed by atoms with van der Waals surface area (Å²) in [6.07, 6.45) is 0. The Bertz CT molecular complexity index is 436. The third kappa shape index (κ3) is 1.58. The van der Waals surface area contributed by atoms with E-state index in [4.69, 9.17) is 10.5 Å². The summed E-state index contributed by atoms with van der Waals surface area (Å²) in [4.78, 5) is 0. The summed E-state index contributed by atoms with van der Waals surface area (Å²) >= 11 is 0. The number of hydrogen-bond acceptors (Lipinski definition) is 2. The van der Waals surface area contributed by atoms with Crippen LogP contribution in [0.5, 0.6) is 0 Å². The molecule has 0 saturated heterocycles. The van der Waals surface area contributed by atoms with Crippen LogP contribution in [0.25, 0.3) is 0 Å². The van der Waals surface area contributed by atoms with E-state index in [1.54, 1.807) is 26.0 Å². The van der Waals surface area contributed by atoms with Crippen molar-refractivity contribution < 1.29 is 4.39 Å². The van der Waals surface area contributed by atoms with Gasteiger partial charge in [-0.1, -0.05) is 12.1 Å². The molecule has 14 heavy (non-hydrogen) atoms. The van der Waals surface area contributed by atoms with E-state index < -0.39 is 11.2 Å². The average molecular weight is 188 g/mol. The molecule has 0 N–H and O–H groups in total. The lowest BCUT2D eigenvalue weighted by molar-refractivity contribution is 0.607. The fourth-order valence-electron chi connectivity index (χ4n) is 1.22. The molecule has 3 heteroatoms. The largest absolute Gasteiger partial charge is 0.206 e. The molecule has 1 aromatic carbocycles. The van der Waals surface area contributed by atoms with Crippen molar-refractivity contribution in [3.63, 3.8) is 0 Å². The second kappa shape index (κ2) is 3.47. The maximum absolute atomic E-state index is 13.2. The Morgan fingerprint density at radius 1 is 1.29 bits per heavy atom. The summed E-state index contributed by atoms with van der Waals surface area (Å²) in [5.41, 5.74) is -0.450. The second-order valence-corrected chi connectivity index (χ2v) is 3.51. The van der Waals surface area contributed by atoms with Crippen molar-refractivity contribution in [3.05, 3.63) is 35.1 Å². The molecular weight excluding hydrogens is 179 g/mol. The fourth-order valence-corrected chi connectivity index (χ4v) is 1.22. The highest BCUT2D eigenvalue weighted by Crippen LogP contribution is 2.26. The van der Waals surface area contributed by atoms with Crippen molar-refractivity contribution in [2.75, 3.05) is 0 Å². The second-order valence-electron chi connectivity index (χ2n) is 3.51. The molecule has 0 aliphatic heterocycles. The van der Waals surface area contributed by atoms with E-state index in [1.165, 1.54) is 12.1 Å². The molecule has 0 amide bonds. The molecular formula is C11H9FN2. The number of rotatable bonds is 1. The van der Waals surface area contributed by atoms with Gasteiger partial charge in [0.2, 0.25) is 0 Å². The van der Waals surface area contributed by atoms with Gasteiger partial charge in [-0.3, -0.25) is 0 Å². The molecule has 0 aliphatic carbocycles. The van der Waals surface area contributed by atoms with Crippen LogP contribution in [0.4, 0.5) is 4.39 Å². The molecule has 0 atom stereocenters. The van der Waals surface area contributed by atoms with Crippen LogP contribution in [0, 0.1) is 28.5 Å². The van der Waals surface area contributed by atoms with Gasteiger partial charge in [0, 0.05) is 0 Å². The Morgan fingerprint density at radius 2 is 1.93 bits per heavy atom. The molecule has 1 rings (SSSR count). The lowest BCUT2D eigenvalue weighted by Gasteiger charge is -2.17. The Kier molecular flexibility index (Phi) is 2.53. The van der Waals surface area contributed by atoms with E-state index in [-0.39, 0.29) is 5.56 Å². The number of nitrogens with zero attached hydrogens (tertiary/aromatic N) is 2. The van der Waals surface area contributed by atoms with Crippen LogP contribution in [0.15, 0.2) is 18.2 Å². The van der Waals surface area contributed by atoms with Gasteiger partial charge >= 0.3 is 0 Å². The van der Waals surface area contributed by atoms with Gasteiger partial charge in [0.25, 0.3) is 0 Å². The first-order valence-corrected chi connectivity index (χ1v) is 4.13. The minimum absolute atomic E-state index is 0.0425.